The van der Waals surface area contributed by atoms with E-state index in [1.807, 2.05) is 31.2 Å². The average Bonchev–Trinajstić information content (AvgIpc) is 2.71. The molecule has 1 heterocycles. The standard InChI is InChI=1S/C21H24N2O4S/c1-3-13-22-21(24)20-14-16-7-5-6-8-17(16)15-23(20)28(25,26)19-11-9-18(10-12-19)27-4-2/h3,5-12,20H,1,4,13-15H2,2H3,(H,22,24). The van der Waals surface area contributed by atoms with E-state index in [0.717, 1.165) is 11.1 Å². The highest BCUT2D eigenvalue weighted by Crippen LogP contribution is 2.30. The molecule has 0 aliphatic carbocycles. The van der Waals surface area contributed by atoms with Gasteiger partial charge in [0.15, 0.2) is 0 Å². The van der Waals surface area contributed by atoms with Crippen molar-refractivity contribution in [3.8, 4) is 5.75 Å². The number of sulfonamides is 1. The molecular formula is C21H24N2O4S. The van der Waals surface area contributed by atoms with Crippen LogP contribution in [0.4, 0.5) is 0 Å². The van der Waals surface area contributed by atoms with Gasteiger partial charge in [-0.2, -0.15) is 4.31 Å². The number of nitrogens with one attached hydrogen (secondary N) is 1. The van der Waals surface area contributed by atoms with Gasteiger partial charge in [-0.05, 0) is 48.7 Å². The number of fused-ring (bicyclic) bond motifs is 1. The number of carbonyl (C=O) groups is 1. The third kappa shape index (κ3) is 4.10. The van der Waals surface area contributed by atoms with Gasteiger partial charge in [0, 0.05) is 13.1 Å². The Morgan fingerprint density at radius 1 is 1.21 bits per heavy atom. The molecule has 0 spiro atoms. The molecule has 0 aromatic heterocycles. The Labute approximate surface area is 165 Å². The minimum atomic E-state index is -3.86. The van der Waals surface area contributed by atoms with E-state index in [1.165, 1.54) is 16.4 Å². The molecule has 6 nitrogen and oxygen atoms in total. The summed E-state index contributed by atoms with van der Waals surface area (Å²) >= 11 is 0. The SMILES string of the molecule is C=CCNC(=O)C1Cc2ccccc2CN1S(=O)(=O)c1ccc(OCC)cc1. The quantitative estimate of drug-likeness (QED) is 0.725. The summed E-state index contributed by atoms with van der Waals surface area (Å²) in [6.45, 7) is 6.39. The minimum absolute atomic E-state index is 0.136. The van der Waals surface area contributed by atoms with E-state index in [1.54, 1.807) is 18.2 Å². The lowest BCUT2D eigenvalue weighted by atomic mass is 9.95. The summed E-state index contributed by atoms with van der Waals surface area (Å²) in [4.78, 5) is 12.8. The van der Waals surface area contributed by atoms with Gasteiger partial charge < -0.3 is 10.1 Å². The number of rotatable bonds is 7. The molecule has 0 saturated heterocycles. The second-order valence-corrected chi connectivity index (χ2v) is 8.37. The summed E-state index contributed by atoms with van der Waals surface area (Å²) in [5.74, 6) is 0.273. The fourth-order valence-electron chi connectivity index (χ4n) is 3.28. The fraction of sp³-hybridized carbons (Fsp3) is 0.286. The normalized spacial score (nSPS) is 16.8. The van der Waals surface area contributed by atoms with Gasteiger partial charge in [0.05, 0.1) is 11.5 Å². The minimum Gasteiger partial charge on any atom is -0.494 e. The van der Waals surface area contributed by atoms with Crippen LogP contribution in [0.5, 0.6) is 5.75 Å². The number of hydrogen-bond donors (Lipinski definition) is 1. The fourth-order valence-corrected chi connectivity index (χ4v) is 4.84. The molecule has 28 heavy (non-hydrogen) atoms. The van der Waals surface area contributed by atoms with E-state index >= 15 is 0 Å². The Kier molecular flexibility index (Phi) is 6.16. The summed E-state index contributed by atoms with van der Waals surface area (Å²) in [6.07, 6.45) is 1.90. The second-order valence-electron chi connectivity index (χ2n) is 6.48. The topological polar surface area (TPSA) is 75.7 Å². The Morgan fingerprint density at radius 3 is 2.54 bits per heavy atom. The molecule has 2 aromatic rings. The lowest BCUT2D eigenvalue weighted by Gasteiger charge is -2.35. The maximum absolute atomic E-state index is 13.3. The van der Waals surface area contributed by atoms with E-state index in [9.17, 15) is 13.2 Å². The van der Waals surface area contributed by atoms with E-state index in [4.69, 9.17) is 4.74 Å². The molecule has 1 aliphatic heterocycles. The van der Waals surface area contributed by atoms with Crippen LogP contribution < -0.4 is 10.1 Å². The number of hydrogen-bond acceptors (Lipinski definition) is 4. The zero-order valence-corrected chi connectivity index (χ0v) is 16.6. The Morgan fingerprint density at radius 2 is 1.89 bits per heavy atom. The maximum Gasteiger partial charge on any atom is 0.244 e. The molecule has 2 aromatic carbocycles. The van der Waals surface area contributed by atoms with Crippen LogP contribution in [0.2, 0.25) is 0 Å². The first-order valence-corrected chi connectivity index (χ1v) is 10.6. The van der Waals surface area contributed by atoms with Crippen molar-refractivity contribution in [2.45, 2.75) is 30.8 Å². The largest absolute Gasteiger partial charge is 0.494 e. The lowest BCUT2D eigenvalue weighted by molar-refractivity contribution is -0.125. The van der Waals surface area contributed by atoms with Gasteiger partial charge in [-0.25, -0.2) is 8.42 Å². The molecule has 0 saturated carbocycles. The highest BCUT2D eigenvalue weighted by molar-refractivity contribution is 7.89. The number of ether oxygens (including phenoxy) is 1. The first-order valence-electron chi connectivity index (χ1n) is 9.17. The summed E-state index contributed by atoms with van der Waals surface area (Å²) in [5, 5.41) is 2.73. The molecule has 7 heteroatoms. The highest BCUT2D eigenvalue weighted by Gasteiger charge is 2.39. The van der Waals surface area contributed by atoms with Crippen LogP contribution in [0.3, 0.4) is 0 Å². The van der Waals surface area contributed by atoms with Crippen molar-refractivity contribution in [2.75, 3.05) is 13.2 Å². The number of carbonyl (C=O) groups excluding carboxylic acids is 1. The van der Waals surface area contributed by atoms with Gasteiger partial charge in [-0.15, -0.1) is 6.58 Å². The van der Waals surface area contributed by atoms with E-state index < -0.39 is 16.1 Å². The van der Waals surface area contributed by atoms with Gasteiger partial charge in [-0.3, -0.25) is 4.79 Å². The van der Waals surface area contributed by atoms with E-state index in [2.05, 4.69) is 11.9 Å². The summed E-state index contributed by atoms with van der Waals surface area (Å²) in [6, 6.07) is 13.1. The zero-order chi connectivity index (χ0) is 20.1. The van der Waals surface area contributed by atoms with E-state index in [-0.39, 0.29) is 23.9 Å². The molecule has 148 valence electrons. The van der Waals surface area contributed by atoms with Crippen molar-refractivity contribution in [1.29, 1.82) is 0 Å². The van der Waals surface area contributed by atoms with Crippen molar-refractivity contribution in [3.63, 3.8) is 0 Å². The second kappa shape index (κ2) is 8.58. The highest BCUT2D eigenvalue weighted by atomic mass is 32.2. The average molecular weight is 401 g/mol. The monoisotopic (exact) mass is 400 g/mol. The van der Waals surface area contributed by atoms with Crippen LogP contribution in [0, 0.1) is 0 Å². The van der Waals surface area contributed by atoms with Crippen molar-refractivity contribution < 1.29 is 17.9 Å². The van der Waals surface area contributed by atoms with Gasteiger partial charge in [0.25, 0.3) is 0 Å². The number of nitrogens with zero attached hydrogens (tertiary/aromatic N) is 1. The van der Waals surface area contributed by atoms with Crippen LogP contribution in [-0.4, -0.2) is 37.8 Å². The third-order valence-corrected chi connectivity index (χ3v) is 6.54. The Hall–Kier alpha value is -2.64. The molecule has 1 unspecified atom stereocenters. The molecule has 1 atom stereocenters. The first-order chi connectivity index (χ1) is 13.5. The molecule has 0 bridgehead atoms. The summed E-state index contributed by atoms with van der Waals surface area (Å²) < 4.78 is 33.3. The smallest absolute Gasteiger partial charge is 0.244 e. The van der Waals surface area contributed by atoms with Gasteiger partial charge in [-0.1, -0.05) is 30.3 Å². The van der Waals surface area contributed by atoms with Gasteiger partial charge in [0.1, 0.15) is 11.8 Å². The van der Waals surface area contributed by atoms with Crippen molar-refractivity contribution in [2.24, 2.45) is 0 Å². The predicted octanol–water partition coefficient (Wildman–Crippen LogP) is 2.50. The molecule has 0 fully saturated rings. The van der Waals surface area contributed by atoms with Crippen LogP contribution in [0.25, 0.3) is 0 Å². The molecule has 1 aliphatic rings. The maximum atomic E-state index is 13.3. The Balaban J connectivity index is 1.96. The van der Waals surface area contributed by atoms with Gasteiger partial charge in [0.2, 0.25) is 15.9 Å². The summed E-state index contributed by atoms with van der Waals surface area (Å²) in [7, 11) is -3.86. The molecular weight excluding hydrogens is 376 g/mol. The summed E-state index contributed by atoms with van der Waals surface area (Å²) in [5.41, 5.74) is 1.89. The molecule has 1 N–H and O–H groups in total. The third-order valence-electron chi connectivity index (χ3n) is 4.67. The lowest BCUT2D eigenvalue weighted by Crippen LogP contribution is -2.52. The van der Waals surface area contributed by atoms with Crippen molar-refractivity contribution in [1.82, 2.24) is 9.62 Å². The number of amides is 1. The molecule has 1 amide bonds. The molecule has 0 radical (unpaired) electrons. The van der Waals surface area contributed by atoms with E-state index in [0.29, 0.717) is 18.8 Å². The molecule has 3 rings (SSSR count). The zero-order valence-electron chi connectivity index (χ0n) is 15.8. The van der Waals surface area contributed by atoms with Crippen molar-refractivity contribution in [3.05, 3.63) is 72.3 Å². The van der Waals surface area contributed by atoms with Gasteiger partial charge >= 0.3 is 0 Å². The predicted molar refractivity (Wildman–Crippen MR) is 107 cm³/mol. The Bertz CT molecular complexity index is 955. The van der Waals surface area contributed by atoms with Crippen LogP contribution in [-0.2, 0) is 27.8 Å². The van der Waals surface area contributed by atoms with Crippen molar-refractivity contribution >= 4 is 15.9 Å². The van der Waals surface area contributed by atoms with Crippen LogP contribution in [0.15, 0.2) is 66.1 Å². The first kappa shape index (κ1) is 20.1. The van der Waals surface area contributed by atoms with Crippen LogP contribution >= 0.6 is 0 Å². The van der Waals surface area contributed by atoms with Crippen LogP contribution in [0.1, 0.15) is 18.1 Å². The number of benzene rings is 2.